The van der Waals surface area contributed by atoms with Crippen molar-refractivity contribution in [2.45, 2.75) is 44.6 Å². The Kier molecular flexibility index (Phi) is 4.00. The fourth-order valence-corrected chi connectivity index (χ4v) is 4.65. The first kappa shape index (κ1) is 15.5. The number of hydrogen-bond acceptors (Lipinski definition) is 3. The van der Waals surface area contributed by atoms with Crippen molar-refractivity contribution in [1.82, 2.24) is 5.32 Å². The van der Waals surface area contributed by atoms with Crippen molar-refractivity contribution in [3.8, 4) is 0 Å². The van der Waals surface area contributed by atoms with Gasteiger partial charge in [-0.1, -0.05) is 38.1 Å². The second-order valence-corrected chi connectivity index (χ2v) is 9.03. The molecular formula is C16H25NO2S. The summed E-state index contributed by atoms with van der Waals surface area (Å²) in [6.45, 7) is 7.27. The molecule has 0 radical (unpaired) electrons. The van der Waals surface area contributed by atoms with Gasteiger partial charge in [-0.05, 0) is 37.4 Å². The number of benzene rings is 1. The maximum Gasteiger partial charge on any atom is 0.148 e. The fraction of sp³-hybridized carbons (Fsp3) is 0.625. The molecule has 1 heterocycles. The van der Waals surface area contributed by atoms with Crippen molar-refractivity contribution in [2.75, 3.05) is 18.6 Å². The van der Waals surface area contributed by atoms with Crippen LogP contribution < -0.4 is 5.32 Å². The minimum absolute atomic E-state index is 0.0690. The van der Waals surface area contributed by atoms with Crippen molar-refractivity contribution in [2.24, 2.45) is 0 Å². The molecule has 3 nitrogen and oxygen atoms in total. The average Bonchev–Trinajstić information content (AvgIpc) is 2.75. The molecule has 0 aromatic heterocycles. The highest BCUT2D eigenvalue weighted by atomic mass is 32.2. The Balaban J connectivity index is 2.24. The van der Waals surface area contributed by atoms with E-state index < -0.39 is 9.84 Å². The zero-order chi connectivity index (χ0) is 15.0. The van der Waals surface area contributed by atoms with Crippen LogP contribution in [-0.4, -0.2) is 27.0 Å². The number of rotatable bonds is 4. The van der Waals surface area contributed by atoms with E-state index in [1.807, 2.05) is 13.8 Å². The first-order chi connectivity index (χ1) is 9.12. The van der Waals surface area contributed by atoms with Crippen molar-refractivity contribution in [3.05, 3.63) is 35.4 Å². The molecule has 2 rings (SSSR count). The summed E-state index contributed by atoms with van der Waals surface area (Å²) in [6.07, 6.45) is 3.66. The topological polar surface area (TPSA) is 46.2 Å². The summed E-state index contributed by atoms with van der Waals surface area (Å²) in [7, 11) is -2.98. The molecule has 1 aliphatic heterocycles. The second-order valence-electron chi connectivity index (χ2n) is 6.89. The molecule has 1 unspecified atom stereocenters. The summed E-state index contributed by atoms with van der Waals surface area (Å²) >= 11 is 0. The lowest BCUT2D eigenvalue weighted by molar-refractivity contribution is 0.434. The highest BCUT2D eigenvalue weighted by Gasteiger charge is 2.31. The highest BCUT2D eigenvalue weighted by molar-refractivity contribution is 7.90. The van der Waals surface area contributed by atoms with E-state index in [1.54, 1.807) is 0 Å². The van der Waals surface area contributed by atoms with Crippen LogP contribution in [0.2, 0.25) is 0 Å². The third kappa shape index (κ3) is 3.41. The normalized spacial score (nSPS) is 24.0. The molecule has 1 N–H and O–H groups in total. The van der Waals surface area contributed by atoms with Gasteiger partial charge in [0.1, 0.15) is 9.84 Å². The third-order valence-corrected chi connectivity index (χ3v) is 5.54. The molecule has 0 aliphatic carbocycles. The van der Waals surface area contributed by atoms with Crippen molar-refractivity contribution in [3.63, 3.8) is 0 Å². The van der Waals surface area contributed by atoms with Gasteiger partial charge in [-0.3, -0.25) is 0 Å². The van der Waals surface area contributed by atoms with E-state index >= 15 is 0 Å². The van der Waals surface area contributed by atoms with Crippen molar-refractivity contribution < 1.29 is 8.42 Å². The quantitative estimate of drug-likeness (QED) is 0.929. The smallest absolute Gasteiger partial charge is 0.148 e. The zero-order valence-corrected chi connectivity index (χ0v) is 13.7. The Morgan fingerprint density at radius 2 is 1.85 bits per heavy atom. The van der Waals surface area contributed by atoms with Crippen LogP contribution in [-0.2, 0) is 20.8 Å². The minimum Gasteiger partial charge on any atom is -0.308 e. The molecule has 1 aromatic carbocycles. The van der Waals surface area contributed by atoms with Gasteiger partial charge in [-0.2, -0.15) is 0 Å². The molecule has 20 heavy (non-hydrogen) atoms. The molecule has 0 amide bonds. The van der Waals surface area contributed by atoms with E-state index in [1.165, 1.54) is 18.2 Å². The van der Waals surface area contributed by atoms with Gasteiger partial charge in [0, 0.05) is 17.2 Å². The maximum atomic E-state index is 11.5. The van der Waals surface area contributed by atoms with E-state index in [4.69, 9.17) is 0 Å². The molecule has 4 heteroatoms. The van der Waals surface area contributed by atoms with Crippen LogP contribution in [0.25, 0.3) is 0 Å². The number of nitrogens with one attached hydrogen (secondary N) is 1. The lowest BCUT2D eigenvalue weighted by Crippen LogP contribution is -2.33. The lowest BCUT2D eigenvalue weighted by Gasteiger charge is -2.28. The number of sulfone groups is 1. The highest BCUT2D eigenvalue weighted by Crippen LogP contribution is 2.32. The minimum atomic E-state index is -2.98. The van der Waals surface area contributed by atoms with E-state index in [0.717, 1.165) is 18.5 Å². The second kappa shape index (κ2) is 5.15. The molecule has 112 valence electrons. The molecule has 1 fully saturated rings. The Labute approximate surface area is 122 Å². The Morgan fingerprint density at radius 1 is 1.25 bits per heavy atom. The average molecular weight is 295 g/mol. The van der Waals surface area contributed by atoms with E-state index in [2.05, 4.69) is 36.5 Å². The first-order valence-corrected chi connectivity index (χ1v) is 9.22. The van der Waals surface area contributed by atoms with Gasteiger partial charge in [0.05, 0.1) is 5.75 Å². The van der Waals surface area contributed by atoms with Crippen LogP contribution >= 0.6 is 0 Å². The van der Waals surface area contributed by atoms with Gasteiger partial charge in [0.15, 0.2) is 0 Å². The van der Waals surface area contributed by atoms with E-state index in [0.29, 0.717) is 0 Å². The van der Waals surface area contributed by atoms with Gasteiger partial charge in [-0.15, -0.1) is 0 Å². The molecule has 0 spiro atoms. The Bertz CT molecular complexity index is 567. The molecular weight excluding hydrogens is 270 g/mol. The third-order valence-electron chi connectivity index (χ3n) is 4.30. The monoisotopic (exact) mass is 295 g/mol. The summed E-state index contributed by atoms with van der Waals surface area (Å²) in [5.41, 5.74) is 2.08. The Hall–Kier alpha value is -0.870. The largest absolute Gasteiger partial charge is 0.308 e. The van der Waals surface area contributed by atoms with Crippen LogP contribution in [0.1, 0.15) is 44.7 Å². The van der Waals surface area contributed by atoms with Crippen LogP contribution in [0.15, 0.2) is 24.3 Å². The standard InChI is InChI=1S/C16H25NO2S/c1-15(2,12-20(4,18)19)13-6-8-14(9-7-13)16(3)10-5-11-17-16/h6-9,17H,5,10-12H2,1-4H3. The molecule has 1 atom stereocenters. The summed E-state index contributed by atoms with van der Waals surface area (Å²) in [4.78, 5) is 0. The van der Waals surface area contributed by atoms with E-state index in [9.17, 15) is 8.42 Å². The van der Waals surface area contributed by atoms with Gasteiger partial charge in [0.2, 0.25) is 0 Å². The number of hydrogen-bond donors (Lipinski definition) is 1. The Morgan fingerprint density at radius 3 is 2.30 bits per heavy atom. The molecule has 0 bridgehead atoms. The zero-order valence-electron chi connectivity index (χ0n) is 12.9. The SMILES string of the molecule is CC(C)(CS(C)(=O)=O)c1ccc(C2(C)CCCN2)cc1. The summed E-state index contributed by atoms with van der Waals surface area (Å²) in [5.74, 6) is 0.175. The van der Waals surface area contributed by atoms with Crippen LogP contribution in [0.4, 0.5) is 0 Å². The van der Waals surface area contributed by atoms with Gasteiger partial charge in [-0.25, -0.2) is 8.42 Å². The van der Waals surface area contributed by atoms with Gasteiger partial charge < -0.3 is 5.32 Å². The first-order valence-electron chi connectivity index (χ1n) is 7.16. The van der Waals surface area contributed by atoms with E-state index in [-0.39, 0.29) is 16.7 Å². The van der Waals surface area contributed by atoms with Crippen molar-refractivity contribution >= 4 is 9.84 Å². The predicted molar refractivity (Wildman–Crippen MR) is 83.8 cm³/mol. The summed E-state index contributed by atoms with van der Waals surface area (Å²) in [5, 5.41) is 3.55. The molecule has 1 aromatic rings. The summed E-state index contributed by atoms with van der Waals surface area (Å²) < 4.78 is 23.1. The molecule has 1 aliphatic rings. The molecule has 0 saturated carbocycles. The lowest BCUT2D eigenvalue weighted by atomic mass is 9.83. The fourth-order valence-electron chi connectivity index (χ4n) is 3.17. The van der Waals surface area contributed by atoms with Gasteiger partial charge >= 0.3 is 0 Å². The maximum absolute atomic E-state index is 11.5. The van der Waals surface area contributed by atoms with Crippen molar-refractivity contribution in [1.29, 1.82) is 0 Å². The van der Waals surface area contributed by atoms with Crippen LogP contribution in [0, 0.1) is 0 Å². The van der Waals surface area contributed by atoms with Crippen LogP contribution in [0.5, 0.6) is 0 Å². The van der Waals surface area contributed by atoms with Gasteiger partial charge in [0.25, 0.3) is 0 Å². The molecule has 1 saturated heterocycles. The summed E-state index contributed by atoms with van der Waals surface area (Å²) in [6, 6.07) is 8.42. The van der Waals surface area contributed by atoms with Crippen LogP contribution in [0.3, 0.4) is 0 Å². The predicted octanol–water partition coefficient (Wildman–Crippen LogP) is 2.61.